The molecule has 21 heavy (non-hydrogen) atoms. The number of fused-ring (bicyclic) bond motifs is 1. The molecule has 1 heterocycles. The summed E-state index contributed by atoms with van der Waals surface area (Å²) >= 11 is 3.59. The fourth-order valence-electron chi connectivity index (χ4n) is 2.45. The minimum atomic E-state index is 0.725. The number of nitrogens with zero attached hydrogens (tertiary/aromatic N) is 1. The molecule has 1 aromatic heterocycles. The van der Waals surface area contributed by atoms with Gasteiger partial charge in [-0.25, -0.2) is 0 Å². The minimum Gasteiger partial charge on any atom is -0.399 e. The van der Waals surface area contributed by atoms with Gasteiger partial charge in [-0.15, -0.1) is 0 Å². The summed E-state index contributed by atoms with van der Waals surface area (Å²) < 4.78 is 1.15. The highest BCUT2D eigenvalue weighted by molar-refractivity contribution is 9.10. The Morgan fingerprint density at radius 3 is 2.48 bits per heavy atom. The summed E-state index contributed by atoms with van der Waals surface area (Å²) in [5.41, 5.74) is 11.9. The van der Waals surface area contributed by atoms with Crippen LogP contribution in [0.3, 0.4) is 0 Å². The van der Waals surface area contributed by atoms with E-state index >= 15 is 0 Å². The lowest BCUT2D eigenvalue weighted by atomic mass is 10.1. The molecule has 0 saturated heterocycles. The lowest BCUT2D eigenvalue weighted by Gasteiger charge is -2.12. The van der Waals surface area contributed by atoms with Crippen molar-refractivity contribution in [1.82, 2.24) is 4.98 Å². The van der Waals surface area contributed by atoms with Crippen molar-refractivity contribution in [3.63, 3.8) is 0 Å². The van der Waals surface area contributed by atoms with Gasteiger partial charge in [-0.05, 0) is 61.4 Å². The van der Waals surface area contributed by atoms with Gasteiger partial charge in [-0.3, -0.25) is 4.98 Å². The van der Waals surface area contributed by atoms with Crippen LogP contribution in [0.15, 0.2) is 47.1 Å². The second kappa shape index (κ2) is 5.37. The fraction of sp³-hybridized carbons (Fsp3) is 0.118. The molecule has 0 unspecified atom stereocenters. The van der Waals surface area contributed by atoms with Gasteiger partial charge in [-0.1, -0.05) is 15.9 Å². The SMILES string of the molecule is Cc1cc(Nc2ccnc3cc(N)ccc23)cc(C)c1Br. The Morgan fingerprint density at radius 1 is 1.05 bits per heavy atom. The molecule has 0 radical (unpaired) electrons. The smallest absolute Gasteiger partial charge is 0.0743 e. The van der Waals surface area contributed by atoms with Crippen LogP contribution in [0.2, 0.25) is 0 Å². The summed E-state index contributed by atoms with van der Waals surface area (Å²) in [6, 6.07) is 12.0. The Bertz CT molecular complexity index is 804. The standard InChI is InChI=1S/C17H16BrN3/c1-10-7-13(8-11(2)17(10)18)21-15-5-6-20-16-9-12(19)3-4-14(15)16/h3-9H,19H2,1-2H3,(H,20,21). The average Bonchev–Trinajstić information content (AvgIpc) is 2.44. The molecule has 0 fully saturated rings. The van der Waals surface area contributed by atoms with E-state index in [1.165, 1.54) is 11.1 Å². The molecule has 0 bridgehead atoms. The van der Waals surface area contributed by atoms with Crippen molar-refractivity contribution in [1.29, 1.82) is 0 Å². The number of halogens is 1. The normalized spacial score (nSPS) is 10.8. The van der Waals surface area contributed by atoms with E-state index in [1.807, 2.05) is 24.3 Å². The Balaban J connectivity index is 2.06. The lowest BCUT2D eigenvalue weighted by Crippen LogP contribution is -1.95. The third-order valence-electron chi connectivity index (χ3n) is 3.48. The zero-order chi connectivity index (χ0) is 15.0. The second-order valence-corrected chi connectivity index (χ2v) is 5.98. The minimum absolute atomic E-state index is 0.725. The third kappa shape index (κ3) is 2.72. The Hall–Kier alpha value is -2.07. The first kappa shape index (κ1) is 13.9. The number of anilines is 3. The first-order chi connectivity index (χ1) is 10.0. The van der Waals surface area contributed by atoms with Crippen molar-refractivity contribution in [2.75, 3.05) is 11.1 Å². The molecule has 3 N–H and O–H groups in total. The highest BCUT2D eigenvalue weighted by Gasteiger charge is 2.06. The molecule has 0 aliphatic rings. The average molecular weight is 342 g/mol. The van der Waals surface area contributed by atoms with Crippen molar-refractivity contribution in [2.24, 2.45) is 0 Å². The zero-order valence-electron chi connectivity index (χ0n) is 11.9. The molecule has 0 aliphatic heterocycles. The van der Waals surface area contributed by atoms with E-state index in [9.17, 15) is 0 Å². The van der Waals surface area contributed by atoms with Gasteiger partial charge in [0.25, 0.3) is 0 Å². The van der Waals surface area contributed by atoms with E-state index < -0.39 is 0 Å². The number of pyridine rings is 1. The molecule has 4 heteroatoms. The first-order valence-electron chi connectivity index (χ1n) is 6.72. The van der Waals surface area contributed by atoms with Crippen LogP contribution in [0.4, 0.5) is 17.1 Å². The number of hydrogen-bond acceptors (Lipinski definition) is 3. The highest BCUT2D eigenvalue weighted by atomic mass is 79.9. The second-order valence-electron chi connectivity index (χ2n) is 5.18. The number of benzene rings is 2. The van der Waals surface area contributed by atoms with Gasteiger partial charge < -0.3 is 11.1 Å². The maximum Gasteiger partial charge on any atom is 0.0743 e. The molecular weight excluding hydrogens is 326 g/mol. The monoisotopic (exact) mass is 341 g/mol. The summed E-state index contributed by atoms with van der Waals surface area (Å²) in [6.45, 7) is 4.18. The Labute approximate surface area is 132 Å². The topological polar surface area (TPSA) is 50.9 Å². The lowest BCUT2D eigenvalue weighted by molar-refractivity contribution is 1.33. The fourth-order valence-corrected chi connectivity index (χ4v) is 2.68. The molecule has 0 atom stereocenters. The van der Waals surface area contributed by atoms with E-state index in [4.69, 9.17) is 5.73 Å². The number of aryl methyl sites for hydroxylation is 2. The summed E-state index contributed by atoms with van der Waals surface area (Å²) in [4.78, 5) is 4.37. The molecule has 3 rings (SSSR count). The number of aromatic nitrogens is 1. The van der Waals surface area contributed by atoms with Gasteiger partial charge in [0.05, 0.1) is 5.52 Å². The van der Waals surface area contributed by atoms with Crippen LogP contribution in [0.25, 0.3) is 10.9 Å². The molecule has 0 spiro atoms. The van der Waals surface area contributed by atoms with Crippen molar-refractivity contribution >= 4 is 43.9 Å². The summed E-state index contributed by atoms with van der Waals surface area (Å²) in [5, 5.41) is 4.53. The van der Waals surface area contributed by atoms with Gasteiger partial charge in [0.2, 0.25) is 0 Å². The van der Waals surface area contributed by atoms with Crippen LogP contribution in [0.1, 0.15) is 11.1 Å². The van der Waals surface area contributed by atoms with E-state index in [2.05, 4.69) is 52.2 Å². The zero-order valence-corrected chi connectivity index (χ0v) is 13.5. The largest absolute Gasteiger partial charge is 0.399 e. The number of hydrogen-bond donors (Lipinski definition) is 2. The van der Waals surface area contributed by atoms with E-state index in [0.29, 0.717) is 0 Å². The quantitative estimate of drug-likeness (QED) is 0.649. The molecule has 0 aliphatic carbocycles. The molecule has 0 amide bonds. The molecule has 2 aromatic carbocycles. The summed E-state index contributed by atoms with van der Waals surface area (Å²) in [5.74, 6) is 0. The third-order valence-corrected chi connectivity index (χ3v) is 4.73. The van der Waals surface area contributed by atoms with Crippen molar-refractivity contribution < 1.29 is 0 Å². The van der Waals surface area contributed by atoms with Crippen LogP contribution >= 0.6 is 15.9 Å². The van der Waals surface area contributed by atoms with Gasteiger partial charge in [0.1, 0.15) is 0 Å². The van der Waals surface area contributed by atoms with E-state index in [-0.39, 0.29) is 0 Å². The number of rotatable bonds is 2. The van der Waals surface area contributed by atoms with Crippen LogP contribution < -0.4 is 11.1 Å². The van der Waals surface area contributed by atoms with Crippen molar-refractivity contribution in [2.45, 2.75) is 13.8 Å². The molecule has 106 valence electrons. The Kier molecular flexibility index (Phi) is 3.55. The van der Waals surface area contributed by atoms with E-state index in [1.54, 1.807) is 6.20 Å². The van der Waals surface area contributed by atoms with Crippen LogP contribution in [0.5, 0.6) is 0 Å². The van der Waals surface area contributed by atoms with Crippen LogP contribution in [0, 0.1) is 13.8 Å². The van der Waals surface area contributed by atoms with E-state index in [0.717, 1.165) is 32.4 Å². The van der Waals surface area contributed by atoms with Crippen LogP contribution in [-0.2, 0) is 0 Å². The number of nitrogen functional groups attached to an aromatic ring is 1. The Morgan fingerprint density at radius 2 is 1.76 bits per heavy atom. The predicted octanol–water partition coefficient (Wildman–Crippen LogP) is 4.94. The number of nitrogens with one attached hydrogen (secondary N) is 1. The number of nitrogens with two attached hydrogens (primary N) is 1. The first-order valence-corrected chi connectivity index (χ1v) is 7.52. The predicted molar refractivity (Wildman–Crippen MR) is 93.1 cm³/mol. The molecule has 0 saturated carbocycles. The van der Waals surface area contributed by atoms with Gasteiger partial charge >= 0.3 is 0 Å². The summed E-state index contributed by atoms with van der Waals surface area (Å²) in [6.07, 6.45) is 1.79. The maximum atomic E-state index is 5.82. The van der Waals surface area contributed by atoms with Crippen LogP contribution in [-0.4, -0.2) is 4.98 Å². The maximum absolute atomic E-state index is 5.82. The van der Waals surface area contributed by atoms with Crippen molar-refractivity contribution in [3.8, 4) is 0 Å². The highest BCUT2D eigenvalue weighted by Crippen LogP contribution is 2.30. The van der Waals surface area contributed by atoms with Gasteiger partial charge in [-0.2, -0.15) is 0 Å². The van der Waals surface area contributed by atoms with Gasteiger partial charge in [0, 0.05) is 33.1 Å². The summed E-state index contributed by atoms with van der Waals surface area (Å²) in [7, 11) is 0. The van der Waals surface area contributed by atoms with Gasteiger partial charge in [0.15, 0.2) is 0 Å². The van der Waals surface area contributed by atoms with Crippen molar-refractivity contribution in [3.05, 3.63) is 58.2 Å². The molecular formula is C17H16BrN3. The molecule has 3 aromatic rings. The molecule has 3 nitrogen and oxygen atoms in total.